The lowest BCUT2D eigenvalue weighted by Gasteiger charge is -2.16. The summed E-state index contributed by atoms with van der Waals surface area (Å²) in [6.45, 7) is 6.43. The normalized spacial score (nSPS) is 12.5. The molecule has 0 fully saturated rings. The van der Waals surface area contributed by atoms with Gasteiger partial charge in [0.1, 0.15) is 5.82 Å². The van der Waals surface area contributed by atoms with Crippen LogP contribution < -0.4 is 11.1 Å². The first-order chi connectivity index (χ1) is 8.02. The summed E-state index contributed by atoms with van der Waals surface area (Å²) in [6, 6.07) is 5.55. The maximum Gasteiger partial charge on any atom is 0.229 e. The lowest BCUT2D eigenvalue weighted by molar-refractivity contribution is -0.120. The van der Waals surface area contributed by atoms with Gasteiger partial charge < -0.3 is 11.1 Å². The van der Waals surface area contributed by atoms with Gasteiger partial charge in [-0.15, -0.1) is 0 Å². The highest BCUT2D eigenvalue weighted by Crippen LogP contribution is 2.13. The van der Waals surface area contributed by atoms with Gasteiger partial charge in [-0.2, -0.15) is 0 Å². The first-order valence-electron chi connectivity index (χ1n) is 5.97. The van der Waals surface area contributed by atoms with E-state index in [0.29, 0.717) is 18.3 Å². The number of pyridine rings is 1. The number of amides is 1. The molecule has 1 aromatic heterocycles. The van der Waals surface area contributed by atoms with Crippen molar-refractivity contribution >= 4 is 11.7 Å². The molecule has 0 aliphatic heterocycles. The van der Waals surface area contributed by atoms with Crippen LogP contribution in [-0.2, 0) is 4.79 Å². The van der Waals surface area contributed by atoms with Crippen molar-refractivity contribution in [3.8, 4) is 0 Å². The Balaban J connectivity index is 2.64. The van der Waals surface area contributed by atoms with Crippen LogP contribution in [0, 0.1) is 18.8 Å². The van der Waals surface area contributed by atoms with Crippen LogP contribution in [0.2, 0.25) is 0 Å². The molecule has 4 nitrogen and oxygen atoms in total. The van der Waals surface area contributed by atoms with Gasteiger partial charge in [-0.05, 0) is 31.4 Å². The molecule has 0 bridgehead atoms. The number of nitrogens with one attached hydrogen (secondary N) is 1. The lowest BCUT2D eigenvalue weighted by Crippen LogP contribution is -2.30. The van der Waals surface area contributed by atoms with Gasteiger partial charge in [-0.25, -0.2) is 4.98 Å². The quantitative estimate of drug-likeness (QED) is 0.819. The maximum absolute atomic E-state index is 12.0. The molecule has 4 heteroatoms. The van der Waals surface area contributed by atoms with Crippen LogP contribution in [0.1, 0.15) is 26.0 Å². The third kappa shape index (κ3) is 4.53. The molecule has 0 radical (unpaired) electrons. The first kappa shape index (κ1) is 13.6. The molecule has 17 heavy (non-hydrogen) atoms. The SMILES string of the molecule is Cc1cccc(NC(=O)C(CN)CC(C)C)n1. The van der Waals surface area contributed by atoms with Crippen molar-refractivity contribution < 1.29 is 4.79 Å². The van der Waals surface area contributed by atoms with E-state index < -0.39 is 0 Å². The van der Waals surface area contributed by atoms with Gasteiger partial charge in [-0.3, -0.25) is 4.79 Å². The fraction of sp³-hybridized carbons (Fsp3) is 0.538. The summed E-state index contributed by atoms with van der Waals surface area (Å²) < 4.78 is 0. The third-order valence-electron chi connectivity index (χ3n) is 2.55. The van der Waals surface area contributed by atoms with E-state index in [2.05, 4.69) is 24.1 Å². The molecule has 0 aliphatic carbocycles. The molecule has 1 rings (SSSR count). The van der Waals surface area contributed by atoms with Gasteiger partial charge in [-0.1, -0.05) is 19.9 Å². The van der Waals surface area contributed by atoms with Crippen LogP contribution in [-0.4, -0.2) is 17.4 Å². The predicted molar refractivity (Wildman–Crippen MR) is 69.6 cm³/mol. The Morgan fingerprint density at radius 1 is 1.47 bits per heavy atom. The summed E-state index contributed by atoms with van der Waals surface area (Å²) in [7, 11) is 0. The highest BCUT2D eigenvalue weighted by atomic mass is 16.1. The van der Waals surface area contributed by atoms with E-state index in [4.69, 9.17) is 5.73 Å². The zero-order valence-corrected chi connectivity index (χ0v) is 10.7. The molecular formula is C13H21N3O. The Labute approximate surface area is 103 Å². The number of carbonyl (C=O) groups is 1. The minimum absolute atomic E-state index is 0.0423. The number of carbonyl (C=O) groups excluding carboxylic acids is 1. The van der Waals surface area contributed by atoms with Gasteiger partial charge >= 0.3 is 0 Å². The number of hydrogen-bond donors (Lipinski definition) is 2. The van der Waals surface area contributed by atoms with Crippen molar-refractivity contribution in [3.63, 3.8) is 0 Å². The highest BCUT2D eigenvalue weighted by Gasteiger charge is 2.18. The van der Waals surface area contributed by atoms with E-state index in [-0.39, 0.29) is 11.8 Å². The lowest BCUT2D eigenvalue weighted by atomic mass is 9.96. The Morgan fingerprint density at radius 2 is 2.18 bits per heavy atom. The Hall–Kier alpha value is -1.42. The molecule has 3 N–H and O–H groups in total. The van der Waals surface area contributed by atoms with Crippen LogP contribution in [0.3, 0.4) is 0 Å². The molecule has 0 spiro atoms. The van der Waals surface area contributed by atoms with Gasteiger partial charge in [0.25, 0.3) is 0 Å². The number of anilines is 1. The number of aromatic nitrogens is 1. The van der Waals surface area contributed by atoms with Crippen molar-refractivity contribution in [1.29, 1.82) is 0 Å². The Kier molecular flexibility index (Phi) is 5.10. The van der Waals surface area contributed by atoms with Crippen LogP contribution >= 0.6 is 0 Å². The second kappa shape index (κ2) is 6.35. The predicted octanol–water partition coefficient (Wildman–Crippen LogP) is 1.95. The number of rotatable bonds is 5. The number of nitrogens with zero attached hydrogens (tertiary/aromatic N) is 1. The third-order valence-corrected chi connectivity index (χ3v) is 2.55. The molecule has 1 heterocycles. The average molecular weight is 235 g/mol. The largest absolute Gasteiger partial charge is 0.330 e. The summed E-state index contributed by atoms with van der Waals surface area (Å²) in [5.74, 6) is 0.869. The Morgan fingerprint density at radius 3 is 2.71 bits per heavy atom. The van der Waals surface area contributed by atoms with E-state index in [9.17, 15) is 4.79 Å². The second-order valence-electron chi connectivity index (χ2n) is 4.72. The van der Waals surface area contributed by atoms with Gasteiger partial charge in [0, 0.05) is 12.2 Å². The van der Waals surface area contributed by atoms with Crippen LogP contribution in [0.5, 0.6) is 0 Å². The van der Waals surface area contributed by atoms with Crippen LogP contribution in [0.4, 0.5) is 5.82 Å². The molecule has 0 saturated carbocycles. The summed E-state index contributed by atoms with van der Waals surface area (Å²) >= 11 is 0. The molecule has 0 aromatic carbocycles. The summed E-state index contributed by atoms with van der Waals surface area (Å²) in [5, 5.41) is 2.81. The number of hydrogen-bond acceptors (Lipinski definition) is 3. The standard InChI is InChI=1S/C13H21N3O/c1-9(2)7-11(8-14)13(17)16-12-6-4-5-10(3)15-12/h4-6,9,11H,7-8,14H2,1-3H3,(H,15,16,17). The maximum atomic E-state index is 12.0. The van der Waals surface area contributed by atoms with E-state index in [1.165, 1.54) is 0 Å². The number of aryl methyl sites for hydroxylation is 1. The summed E-state index contributed by atoms with van der Waals surface area (Å²) in [4.78, 5) is 16.2. The smallest absolute Gasteiger partial charge is 0.229 e. The highest BCUT2D eigenvalue weighted by molar-refractivity contribution is 5.91. The summed E-state index contributed by atoms with van der Waals surface area (Å²) in [5.41, 5.74) is 6.51. The molecule has 1 unspecified atom stereocenters. The zero-order chi connectivity index (χ0) is 12.8. The fourth-order valence-corrected chi connectivity index (χ4v) is 1.72. The van der Waals surface area contributed by atoms with E-state index in [1.54, 1.807) is 6.07 Å². The molecule has 1 amide bonds. The molecule has 1 aromatic rings. The summed E-state index contributed by atoms with van der Waals surface area (Å²) in [6.07, 6.45) is 0.800. The van der Waals surface area contributed by atoms with Crippen LogP contribution in [0.15, 0.2) is 18.2 Å². The topological polar surface area (TPSA) is 68.0 Å². The number of nitrogens with two attached hydrogens (primary N) is 1. The minimum Gasteiger partial charge on any atom is -0.330 e. The molecule has 0 saturated heterocycles. The van der Waals surface area contributed by atoms with E-state index in [0.717, 1.165) is 12.1 Å². The van der Waals surface area contributed by atoms with Crippen molar-refractivity contribution in [1.82, 2.24) is 4.98 Å². The average Bonchev–Trinajstić information content (AvgIpc) is 2.25. The van der Waals surface area contributed by atoms with E-state index in [1.807, 2.05) is 19.1 Å². The first-order valence-corrected chi connectivity index (χ1v) is 5.97. The second-order valence-corrected chi connectivity index (χ2v) is 4.72. The van der Waals surface area contributed by atoms with Gasteiger partial charge in [0.05, 0.1) is 5.92 Å². The minimum atomic E-state index is -0.141. The molecule has 94 valence electrons. The van der Waals surface area contributed by atoms with Crippen molar-refractivity contribution in [2.75, 3.05) is 11.9 Å². The Bertz CT molecular complexity index is 377. The monoisotopic (exact) mass is 235 g/mol. The van der Waals surface area contributed by atoms with Crippen LogP contribution in [0.25, 0.3) is 0 Å². The molecule has 1 atom stereocenters. The fourth-order valence-electron chi connectivity index (χ4n) is 1.72. The van der Waals surface area contributed by atoms with Gasteiger partial charge in [0.15, 0.2) is 0 Å². The molecular weight excluding hydrogens is 214 g/mol. The van der Waals surface area contributed by atoms with Crippen molar-refractivity contribution in [3.05, 3.63) is 23.9 Å². The van der Waals surface area contributed by atoms with E-state index >= 15 is 0 Å². The van der Waals surface area contributed by atoms with Crippen molar-refractivity contribution in [2.24, 2.45) is 17.6 Å². The zero-order valence-electron chi connectivity index (χ0n) is 10.7. The van der Waals surface area contributed by atoms with Gasteiger partial charge in [0.2, 0.25) is 5.91 Å². The molecule has 0 aliphatic rings. The van der Waals surface area contributed by atoms with Crippen molar-refractivity contribution in [2.45, 2.75) is 27.2 Å².